The Kier molecular flexibility index (Phi) is 3.91. The SMILES string of the molecule is C[C@@H]1S/C(=N\N=C/c2ccc([N+](=O)[O-])cc2)NC1=O. The van der Waals surface area contributed by atoms with Crippen molar-refractivity contribution >= 4 is 34.7 Å². The second-order valence-electron chi connectivity index (χ2n) is 3.75. The number of nitro groups is 1. The van der Waals surface area contributed by atoms with Crippen molar-refractivity contribution in [1.82, 2.24) is 5.32 Å². The minimum Gasteiger partial charge on any atom is -0.303 e. The molecule has 1 atom stereocenters. The van der Waals surface area contributed by atoms with E-state index in [0.717, 1.165) is 0 Å². The lowest BCUT2D eigenvalue weighted by molar-refractivity contribution is -0.384. The molecular formula is C11H10N4O3S. The van der Waals surface area contributed by atoms with Gasteiger partial charge in [-0.1, -0.05) is 11.8 Å². The summed E-state index contributed by atoms with van der Waals surface area (Å²) >= 11 is 1.30. The number of benzene rings is 1. The molecule has 0 saturated carbocycles. The molecule has 7 nitrogen and oxygen atoms in total. The summed E-state index contributed by atoms with van der Waals surface area (Å²) in [5.74, 6) is -0.0886. The number of amides is 1. The number of nitrogens with one attached hydrogen (secondary N) is 1. The second-order valence-corrected chi connectivity index (χ2v) is 5.08. The molecule has 98 valence electrons. The van der Waals surface area contributed by atoms with Crippen molar-refractivity contribution in [2.75, 3.05) is 0 Å². The minimum atomic E-state index is -0.465. The van der Waals surface area contributed by atoms with Crippen LogP contribution < -0.4 is 5.32 Å². The first-order chi connectivity index (χ1) is 9.06. The number of nitrogens with zero attached hydrogens (tertiary/aromatic N) is 3. The molecule has 0 radical (unpaired) electrons. The lowest BCUT2D eigenvalue weighted by Crippen LogP contribution is -2.23. The van der Waals surface area contributed by atoms with Crippen LogP contribution in [0.15, 0.2) is 34.5 Å². The van der Waals surface area contributed by atoms with Crippen LogP contribution >= 0.6 is 11.8 Å². The average molecular weight is 278 g/mol. The normalized spacial score (nSPS) is 21.0. The number of carbonyl (C=O) groups excluding carboxylic acids is 1. The maximum atomic E-state index is 11.2. The number of amidine groups is 1. The highest BCUT2D eigenvalue weighted by atomic mass is 32.2. The third-order valence-electron chi connectivity index (χ3n) is 2.35. The fraction of sp³-hybridized carbons (Fsp3) is 0.182. The van der Waals surface area contributed by atoms with E-state index in [0.29, 0.717) is 10.7 Å². The molecule has 8 heteroatoms. The van der Waals surface area contributed by atoms with Gasteiger partial charge in [0.1, 0.15) is 0 Å². The zero-order valence-corrected chi connectivity index (χ0v) is 10.8. The first-order valence-electron chi connectivity index (χ1n) is 5.39. The number of non-ortho nitro benzene ring substituents is 1. The predicted octanol–water partition coefficient (Wildman–Crippen LogP) is 1.54. The molecule has 0 aliphatic carbocycles. The largest absolute Gasteiger partial charge is 0.303 e. The Morgan fingerprint density at radius 3 is 2.63 bits per heavy atom. The molecule has 19 heavy (non-hydrogen) atoms. The molecule has 1 fully saturated rings. The van der Waals surface area contributed by atoms with Crippen molar-refractivity contribution in [2.24, 2.45) is 10.2 Å². The van der Waals surface area contributed by atoms with Gasteiger partial charge in [0, 0.05) is 12.1 Å². The topological polar surface area (TPSA) is 97.0 Å². The van der Waals surface area contributed by atoms with E-state index in [1.54, 1.807) is 19.1 Å². The average Bonchev–Trinajstić information content (AvgIpc) is 2.69. The van der Waals surface area contributed by atoms with Gasteiger partial charge in [0.05, 0.1) is 16.4 Å². The standard InChI is InChI=1S/C11H10N4O3S/c1-7-10(16)13-11(19-7)14-12-6-8-2-4-9(5-3-8)15(17)18/h2-7H,1H3,(H,13,14,16)/b12-6-/t7-/m0/s1. The van der Waals surface area contributed by atoms with E-state index < -0.39 is 4.92 Å². The fourth-order valence-corrected chi connectivity index (χ4v) is 2.09. The van der Waals surface area contributed by atoms with Crippen LogP contribution in [0.25, 0.3) is 0 Å². The predicted molar refractivity (Wildman–Crippen MR) is 73.3 cm³/mol. The summed E-state index contributed by atoms with van der Waals surface area (Å²) in [6.45, 7) is 1.78. The van der Waals surface area contributed by atoms with E-state index in [4.69, 9.17) is 0 Å². The highest BCUT2D eigenvalue weighted by molar-refractivity contribution is 8.15. The molecule has 1 saturated heterocycles. The van der Waals surface area contributed by atoms with Gasteiger partial charge in [-0.2, -0.15) is 5.10 Å². The van der Waals surface area contributed by atoms with Gasteiger partial charge in [-0.05, 0) is 24.6 Å². The quantitative estimate of drug-likeness (QED) is 0.515. The Morgan fingerprint density at radius 1 is 1.42 bits per heavy atom. The van der Waals surface area contributed by atoms with Gasteiger partial charge in [-0.3, -0.25) is 14.9 Å². The van der Waals surface area contributed by atoms with Crippen LogP contribution in [0, 0.1) is 10.1 Å². The number of nitro benzene ring substituents is 1. The van der Waals surface area contributed by atoms with Crippen molar-refractivity contribution in [3.63, 3.8) is 0 Å². The molecule has 2 rings (SSSR count). The molecule has 1 aromatic rings. The summed E-state index contributed by atoms with van der Waals surface area (Å²) in [6, 6.07) is 5.93. The van der Waals surface area contributed by atoms with Gasteiger partial charge >= 0.3 is 0 Å². The number of rotatable bonds is 3. The van der Waals surface area contributed by atoms with E-state index in [2.05, 4.69) is 15.5 Å². The maximum absolute atomic E-state index is 11.2. The van der Waals surface area contributed by atoms with Crippen molar-refractivity contribution in [2.45, 2.75) is 12.2 Å². The van der Waals surface area contributed by atoms with Crippen LogP contribution in [-0.2, 0) is 4.79 Å². The van der Waals surface area contributed by atoms with Crippen LogP contribution in [0.2, 0.25) is 0 Å². The zero-order valence-electron chi connectivity index (χ0n) is 9.94. The molecule has 1 aromatic carbocycles. The Labute approximate surface area is 112 Å². The van der Waals surface area contributed by atoms with Crippen molar-refractivity contribution < 1.29 is 9.72 Å². The molecule has 1 aliphatic heterocycles. The number of thioether (sulfide) groups is 1. The molecule has 0 unspecified atom stereocenters. The monoisotopic (exact) mass is 278 g/mol. The first-order valence-corrected chi connectivity index (χ1v) is 6.27. The van der Waals surface area contributed by atoms with Crippen molar-refractivity contribution in [3.05, 3.63) is 39.9 Å². The molecule has 0 bridgehead atoms. The Hall–Kier alpha value is -2.22. The third kappa shape index (κ3) is 3.38. The number of hydrogen-bond donors (Lipinski definition) is 1. The Bertz CT molecular complexity index is 568. The van der Waals surface area contributed by atoms with Gasteiger partial charge in [-0.25, -0.2) is 0 Å². The van der Waals surface area contributed by atoms with Crippen LogP contribution in [-0.4, -0.2) is 27.5 Å². The summed E-state index contributed by atoms with van der Waals surface area (Å²) in [5.41, 5.74) is 0.716. The molecule has 0 spiro atoms. The van der Waals surface area contributed by atoms with Crippen molar-refractivity contribution in [3.8, 4) is 0 Å². The maximum Gasteiger partial charge on any atom is 0.269 e. The summed E-state index contributed by atoms with van der Waals surface area (Å²) in [7, 11) is 0. The second kappa shape index (κ2) is 5.61. The molecule has 1 heterocycles. The Balaban J connectivity index is 2.01. The van der Waals surface area contributed by atoms with Crippen LogP contribution in [0.3, 0.4) is 0 Å². The lowest BCUT2D eigenvalue weighted by Gasteiger charge is -1.92. The third-order valence-corrected chi connectivity index (χ3v) is 3.32. The minimum absolute atomic E-state index is 0.0240. The summed E-state index contributed by atoms with van der Waals surface area (Å²) < 4.78 is 0. The summed E-state index contributed by atoms with van der Waals surface area (Å²) in [5, 5.41) is 21.0. The molecular weight excluding hydrogens is 268 g/mol. The highest BCUT2D eigenvalue weighted by Gasteiger charge is 2.25. The highest BCUT2D eigenvalue weighted by Crippen LogP contribution is 2.18. The molecule has 0 aromatic heterocycles. The smallest absolute Gasteiger partial charge is 0.269 e. The van der Waals surface area contributed by atoms with Gasteiger partial charge in [0.25, 0.3) is 5.69 Å². The van der Waals surface area contributed by atoms with E-state index in [-0.39, 0.29) is 16.8 Å². The van der Waals surface area contributed by atoms with E-state index in [1.165, 1.54) is 30.1 Å². The Morgan fingerprint density at radius 2 is 2.11 bits per heavy atom. The van der Waals surface area contributed by atoms with E-state index >= 15 is 0 Å². The number of hydrogen-bond acceptors (Lipinski definition) is 6. The molecule has 1 amide bonds. The molecule has 1 aliphatic rings. The lowest BCUT2D eigenvalue weighted by atomic mass is 10.2. The van der Waals surface area contributed by atoms with Gasteiger partial charge in [-0.15, -0.1) is 5.10 Å². The van der Waals surface area contributed by atoms with Gasteiger partial charge in [0.15, 0.2) is 5.17 Å². The van der Waals surface area contributed by atoms with E-state index in [1.807, 2.05) is 0 Å². The van der Waals surface area contributed by atoms with Crippen LogP contribution in [0.4, 0.5) is 5.69 Å². The first kappa shape index (κ1) is 13.2. The summed E-state index contributed by atoms with van der Waals surface area (Å²) in [6.07, 6.45) is 1.46. The fourth-order valence-electron chi connectivity index (χ4n) is 1.34. The van der Waals surface area contributed by atoms with Gasteiger partial charge < -0.3 is 5.32 Å². The molecule has 1 N–H and O–H groups in total. The van der Waals surface area contributed by atoms with Crippen molar-refractivity contribution in [1.29, 1.82) is 0 Å². The van der Waals surface area contributed by atoms with Crippen LogP contribution in [0.1, 0.15) is 12.5 Å². The van der Waals surface area contributed by atoms with Gasteiger partial charge in [0.2, 0.25) is 5.91 Å². The van der Waals surface area contributed by atoms with Crippen LogP contribution in [0.5, 0.6) is 0 Å². The zero-order chi connectivity index (χ0) is 13.8. The number of carbonyl (C=O) groups is 1. The van der Waals surface area contributed by atoms with E-state index in [9.17, 15) is 14.9 Å². The summed E-state index contributed by atoms with van der Waals surface area (Å²) in [4.78, 5) is 21.2.